The van der Waals surface area contributed by atoms with Crippen LogP contribution in [0.4, 0.5) is 8.78 Å². The van der Waals surface area contributed by atoms with Gasteiger partial charge in [0, 0.05) is 30.2 Å². The number of nitrogens with one attached hydrogen (secondary N) is 1. The standard InChI is InChI=1S/C32H30ClF2N7O3/c1-32(23-6-5-19(33)13-25(23)35)44-28-4-2-3-21(30(28)45-32)18-7-10-41(11-8-18)17-29-36-26-14-22(31-37-39-40-38-31)24(34)15-27(26)42(29)16-20-9-12-43-20/h2-6,13-15,18,20H,7-12,16-17H2,1H3,(H,37,38,39,40). The number of nitrogens with zero attached hydrogens (tertiary/aromatic N) is 6. The number of para-hydroxylation sites is 1. The molecule has 2 atom stereocenters. The summed E-state index contributed by atoms with van der Waals surface area (Å²) in [6, 6.07) is 13.6. The number of ether oxygens (including phenoxy) is 3. The second-order valence-corrected chi connectivity index (χ2v) is 12.4. The number of benzene rings is 3. The normalized spacial score (nSPS) is 21.8. The van der Waals surface area contributed by atoms with Gasteiger partial charge < -0.3 is 18.8 Å². The monoisotopic (exact) mass is 633 g/mol. The highest BCUT2D eigenvalue weighted by atomic mass is 35.5. The summed E-state index contributed by atoms with van der Waals surface area (Å²) in [7, 11) is 0. The van der Waals surface area contributed by atoms with Crippen molar-refractivity contribution < 1.29 is 23.0 Å². The summed E-state index contributed by atoms with van der Waals surface area (Å²) in [6.45, 7) is 5.38. The van der Waals surface area contributed by atoms with Crippen LogP contribution in [-0.2, 0) is 23.6 Å². The Labute approximate surface area is 262 Å². The highest BCUT2D eigenvalue weighted by Gasteiger charge is 2.43. The van der Waals surface area contributed by atoms with E-state index in [1.165, 1.54) is 12.1 Å². The van der Waals surface area contributed by atoms with Crippen LogP contribution in [0.25, 0.3) is 22.4 Å². The highest BCUT2D eigenvalue weighted by Crippen LogP contribution is 2.50. The van der Waals surface area contributed by atoms with Crippen molar-refractivity contribution in [1.29, 1.82) is 0 Å². The molecule has 45 heavy (non-hydrogen) atoms. The van der Waals surface area contributed by atoms with E-state index in [0.717, 1.165) is 55.9 Å². The van der Waals surface area contributed by atoms with Crippen LogP contribution >= 0.6 is 11.6 Å². The molecule has 232 valence electrons. The summed E-state index contributed by atoms with van der Waals surface area (Å²) in [4.78, 5) is 7.33. The number of imidazole rings is 1. The molecule has 2 unspecified atom stereocenters. The van der Waals surface area contributed by atoms with Crippen LogP contribution in [0.3, 0.4) is 0 Å². The van der Waals surface area contributed by atoms with Crippen molar-refractivity contribution in [3.63, 3.8) is 0 Å². The third-order valence-corrected chi connectivity index (χ3v) is 9.35. The van der Waals surface area contributed by atoms with Gasteiger partial charge >= 0.3 is 0 Å². The molecule has 2 saturated heterocycles. The van der Waals surface area contributed by atoms with Gasteiger partial charge in [-0.1, -0.05) is 23.7 Å². The van der Waals surface area contributed by atoms with E-state index in [1.807, 2.05) is 12.1 Å². The van der Waals surface area contributed by atoms with Gasteiger partial charge in [0.25, 0.3) is 5.79 Å². The van der Waals surface area contributed by atoms with E-state index in [2.05, 4.69) is 36.2 Å². The lowest BCUT2D eigenvalue weighted by molar-refractivity contribution is -0.0712. The first-order valence-corrected chi connectivity index (χ1v) is 15.5. The average Bonchev–Trinajstić information content (AvgIpc) is 3.72. The lowest BCUT2D eigenvalue weighted by Crippen LogP contribution is -2.35. The Bertz CT molecular complexity index is 1890. The number of rotatable bonds is 7. The van der Waals surface area contributed by atoms with Crippen molar-refractivity contribution in [2.45, 2.75) is 57.1 Å². The number of hydrogen-bond acceptors (Lipinski definition) is 8. The molecule has 1 N–H and O–H groups in total. The van der Waals surface area contributed by atoms with Gasteiger partial charge in [-0.3, -0.25) is 4.90 Å². The lowest BCUT2D eigenvalue weighted by Gasteiger charge is -2.33. The predicted molar refractivity (Wildman–Crippen MR) is 161 cm³/mol. The van der Waals surface area contributed by atoms with Crippen molar-refractivity contribution in [1.82, 2.24) is 35.1 Å². The molecule has 0 amide bonds. The Morgan fingerprint density at radius 3 is 2.62 bits per heavy atom. The second kappa shape index (κ2) is 11.0. The highest BCUT2D eigenvalue weighted by molar-refractivity contribution is 6.30. The topological polar surface area (TPSA) is 103 Å². The van der Waals surface area contributed by atoms with Crippen LogP contribution in [0.15, 0.2) is 48.5 Å². The molecule has 0 spiro atoms. The fourth-order valence-electron chi connectivity index (χ4n) is 6.65. The molecule has 5 heterocycles. The van der Waals surface area contributed by atoms with E-state index in [1.54, 1.807) is 25.1 Å². The van der Waals surface area contributed by atoms with Crippen molar-refractivity contribution >= 4 is 22.6 Å². The van der Waals surface area contributed by atoms with Crippen LogP contribution in [0.1, 0.15) is 49.1 Å². The smallest absolute Gasteiger partial charge is 0.278 e. The molecule has 3 aliphatic heterocycles. The zero-order valence-corrected chi connectivity index (χ0v) is 25.2. The fraction of sp³-hybridized carbons (Fsp3) is 0.375. The fourth-order valence-corrected chi connectivity index (χ4v) is 6.80. The molecule has 0 bridgehead atoms. The van der Waals surface area contributed by atoms with Crippen molar-refractivity contribution in [2.75, 3.05) is 19.7 Å². The Hall–Kier alpha value is -4.13. The maximum atomic E-state index is 15.2. The minimum absolute atomic E-state index is 0.0857. The second-order valence-electron chi connectivity index (χ2n) is 12.0. The Morgan fingerprint density at radius 2 is 1.89 bits per heavy atom. The molecular weight excluding hydrogens is 604 g/mol. The summed E-state index contributed by atoms with van der Waals surface area (Å²) in [6.07, 6.45) is 2.85. The lowest BCUT2D eigenvalue weighted by atomic mass is 9.88. The number of hydrogen-bond donors (Lipinski definition) is 1. The number of tetrazole rings is 1. The summed E-state index contributed by atoms with van der Waals surface area (Å²) in [5.41, 5.74) is 3.04. The van der Waals surface area contributed by atoms with Crippen LogP contribution in [0.5, 0.6) is 11.5 Å². The van der Waals surface area contributed by atoms with Gasteiger partial charge in [0.05, 0.1) is 41.4 Å². The van der Waals surface area contributed by atoms with Crippen molar-refractivity contribution in [3.8, 4) is 22.9 Å². The molecule has 0 aliphatic carbocycles. The summed E-state index contributed by atoms with van der Waals surface area (Å²) >= 11 is 5.98. The van der Waals surface area contributed by atoms with Gasteiger partial charge in [0.15, 0.2) is 17.3 Å². The van der Waals surface area contributed by atoms with E-state index < -0.39 is 17.4 Å². The number of H-pyrrole nitrogens is 1. The largest absolute Gasteiger partial charge is 0.444 e. The number of halogens is 3. The van der Waals surface area contributed by atoms with Crippen LogP contribution in [0, 0.1) is 11.6 Å². The van der Waals surface area contributed by atoms with Gasteiger partial charge in [0.2, 0.25) is 0 Å². The average molecular weight is 634 g/mol. The molecule has 5 aromatic rings. The first kappa shape index (κ1) is 28.4. The third kappa shape index (κ3) is 5.10. The maximum absolute atomic E-state index is 15.2. The molecule has 13 heteroatoms. The Kier molecular flexibility index (Phi) is 6.95. The molecule has 0 saturated carbocycles. The molecule has 2 aromatic heterocycles. The van der Waals surface area contributed by atoms with Gasteiger partial charge in [-0.15, -0.1) is 5.10 Å². The number of likely N-dealkylation sites (tertiary alicyclic amines) is 1. The summed E-state index contributed by atoms with van der Waals surface area (Å²) in [5.74, 6) is 0.449. The number of aromatic nitrogens is 6. The van der Waals surface area contributed by atoms with E-state index in [4.69, 9.17) is 30.8 Å². The van der Waals surface area contributed by atoms with Gasteiger partial charge in [-0.25, -0.2) is 18.9 Å². The van der Waals surface area contributed by atoms with Gasteiger partial charge in [0.1, 0.15) is 17.5 Å². The van der Waals surface area contributed by atoms with Crippen molar-refractivity contribution in [2.24, 2.45) is 0 Å². The molecule has 10 nitrogen and oxygen atoms in total. The Balaban J connectivity index is 1.01. The Morgan fingerprint density at radius 1 is 1.04 bits per heavy atom. The number of aromatic amines is 1. The van der Waals surface area contributed by atoms with E-state index >= 15 is 4.39 Å². The van der Waals surface area contributed by atoms with Crippen molar-refractivity contribution in [3.05, 3.63) is 82.1 Å². The first-order valence-electron chi connectivity index (χ1n) is 15.1. The molecular formula is C32H30ClF2N7O3. The van der Waals surface area contributed by atoms with Gasteiger partial charge in [-0.05, 0) is 79.0 Å². The molecule has 0 radical (unpaired) electrons. The zero-order valence-electron chi connectivity index (χ0n) is 24.5. The van der Waals surface area contributed by atoms with Crippen LogP contribution in [0.2, 0.25) is 5.02 Å². The first-order chi connectivity index (χ1) is 21.8. The predicted octanol–water partition coefficient (Wildman–Crippen LogP) is 5.96. The molecule has 2 fully saturated rings. The van der Waals surface area contributed by atoms with Crippen LogP contribution < -0.4 is 9.47 Å². The number of fused-ring (bicyclic) bond motifs is 2. The molecule has 3 aromatic carbocycles. The number of piperidine rings is 1. The summed E-state index contributed by atoms with van der Waals surface area (Å²) < 4.78 is 50.4. The maximum Gasteiger partial charge on any atom is 0.278 e. The quantitative estimate of drug-likeness (QED) is 0.234. The third-order valence-electron chi connectivity index (χ3n) is 9.12. The van der Waals surface area contributed by atoms with Gasteiger partial charge in [-0.2, -0.15) is 0 Å². The van der Waals surface area contributed by atoms with E-state index in [0.29, 0.717) is 40.7 Å². The van der Waals surface area contributed by atoms with E-state index in [-0.39, 0.29) is 23.4 Å². The molecule has 3 aliphatic rings. The minimum Gasteiger partial charge on any atom is -0.444 e. The molecule has 8 rings (SSSR count). The van der Waals surface area contributed by atoms with E-state index in [9.17, 15) is 4.39 Å². The van der Waals surface area contributed by atoms with Crippen LogP contribution in [-0.4, -0.2) is 60.9 Å². The zero-order chi connectivity index (χ0) is 30.7. The summed E-state index contributed by atoms with van der Waals surface area (Å²) in [5, 5.41) is 14.0. The minimum atomic E-state index is -1.29. The SMILES string of the molecule is CC1(c2ccc(Cl)cc2F)Oc2cccc(C3CCN(Cc4nc5cc(-c6nnn[nH]6)c(F)cc5n4CC4CCO4)CC3)c2O1.